The molecule has 1 aliphatic heterocycles. The van der Waals surface area contributed by atoms with Crippen molar-refractivity contribution in [3.8, 4) is 22.6 Å². The van der Waals surface area contributed by atoms with Gasteiger partial charge in [0.25, 0.3) is 0 Å². The molecule has 43 heavy (non-hydrogen) atoms. The highest BCUT2D eigenvalue weighted by Gasteiger charge is 2.58. The lowest BCUT2D eigenvalue weighted by molar-refractivity contribution is -0.311. The molecule has 1 aromatic heterocycles. The summed E-state index contributed by atoms with van der Waals surface area (Å²) in [4.78, 5) is 24.9. The highest BCUT2D eigenvalue weighted by Crippen LogP contribution is 2.33. The maximum Gasteiger partial charge on any atom is 0.335 e. The molecule has 6 unspecified atom stereocenters. The standard InChI is InChI=1S/C31H40N2O10/c1-4-11-32-13-19(17(2)3)14-33-16-31(40)28(37)26(36)27(29(38)39)43-30(31)42-21-9-10-22-24(12-21)41-15-23(25(22)35)18-5-7-20(34)8-6-18/h5-10,12,15,17,19,26-28,30,32-34,36-37,40H,4,11,13-14,16H2,1-3H3,(H,38,39). The van der Waals surface area contributed by atoms with Crippen LogP contribution in [0.5, 0.6) is 11.5 Å². The second-order valence-corrected chi connectivity index (χ2v) is 11.3. The predicted molar refractivity (Wildman–Crippen MR) is 158 cm³/mol. The maximum atomic E-state index is 13.2. The van der Waals surface area contributed by atoms with Crippen LogP contribution in [-0.4, -0.2) is 87.9 Å². The van der Waals surface area contributed by atoms with Gasteiger partial charge >= 0.3 is 5.97 Å². The van der Waals surface area contributed by atoms with Gasteiger partial charge in [-0.1, -0.05) is 32.9 Å². The molecule has 2 heterocycles. The average molecular weight is 601 g/mol. The fraction of sp³-hybridized carbons (Fsp3) is 0.484. The highest BCUT2D eigenvalue weighted by atomic mass is 16.7. The van der Waals surface area contributed by atoms with Crippen molar-refractivity contribution in [2.75, 3.05) is 26.2 Å². The molecule has 0 aliphatic carbocycles. The van der Waals surface area contributed by atoms with E-state index in [2.05, 4.69) is 31.4 Å². The topological polar surface area (TPSA) is 191 Å². The summed E-state index contributed by atoms with van der Waals surface area (Å²) in [5.41, 5.74) is -1.59. The predicted octanol–water partition coefficient (Wildman–Crippen LogP) is 1.67. The van der Waals surface area contributed by atoms with Gasteiger partial charge in [-0.25, -0.2) is 4.79 Å². The molecule has 12 heteroatoms. The zero-order valence-corrected chi connectivity index (χ0v) is 24.4. The van der Waals surface area contributed by atoms with Crippen LogP contribution in [-0.2, 0) is 9.53 Å². The SMILES string of the molecule is CCCNCC(CNCC1(O)C(Oc2ccc3c(=O)c(-c4ccc(O)cc4)coc3c2)OC(C(=O)O)C(O)C1O)C(C)C. The maximum absolute atomic E-state index is 13.2. The monoisotopic (exact) mass is 600 g/mol. The van der Waals surface area contributed by atoms with Crippen molar-refractivity contribution in [3.63, 3.8) is 0 Å². The minimum atomic E-state index is -2.25. The van der Waals surface area contributed by atoms with E-state index < -0.39 is 36.2 Å². The van der Waals surface area contributed by atoms with Gasteiger partial charge in [-0.2, -0.15) is 0 Å². The number of carboxylic acid groups (broad SMARTS) is 1. The van der Waals surface area contributed by atoms with Crippen LogP contribution < -0.4 is 20.8 Å². The van der Waals surface area contributed by atoms with E-state index in [9.17, 15) is 35.1 Å². The Balaban J connectivity index is 1.58. The summed E-state index contributed by atoms with van der Waals surface area (Å²) < 4.78 is 17.1. The number of hydrogen-bond donors (Lipinski definition) is 7. The number of carboxylic acids is 1. The average Bonchev–Trinajstić information content (AvgIpc) is 2.97. The van der Waals surface area contributed by atoms with Crippen molar-refractivity contribution in [3.05, 3.63) is 59.0 Å². The molecule has 0 amide bonds. The van der Waals surface area contributed by atoms with Crippen LogP contribution in [0.2, 0.25) is 0 Å². The number of fused-ring (bicyclic) bond motifs is 1. The summed E-state index contributed by atoms with van der Waals surface area (Å²) in [6.07, 6.45) is -5.17. The lowest BCUT2D eigenvalue weighted by Gasteiger charge is -2.47. The molecular formula is C31H40N2O10. The summed E-state index contributed by atoms with van der Waals surface area (Å²) in [5.74, 6) is -0.934. The minimum Gasteiger partial charge on any atom is -0.508 e. The van der Waals surface area contributed by atoms with Gasteiger partial charge < -0.3 is 50.1 Å². The van der Waals surface area contributed by atoms with Crippen molar-refractivity contribution in [2.45, 2.75) is 57.4 Å². The lowest BCUT2D eigenvalue weighted by Crippen LogP contribution is -2.71. The molecule has 6 atom stereocenters. The third-order valence-corrected chi connectivity index (χ3v) is 7.83. The van der Waals surface area contributed by atoms with Gasteiger partial charge in [-0.05, 0) is 67.7 Å². The fourth-order valence-electron chi connectivity index (χ4n) is 5.07. The van der Waals surface area contributed by atoms with Crippen molar-refractivity contribution in [1.82, 2.24) is 10.6 Å². The molecule has 234 valence electrons. The van der Waals surface area contributed by atoms with Crippen molar-refractivity contribution < 1.29 is 44.2 Å². The summed E-state index contributed by atoms with van der Waals surface area (Å²) in [7, 11) is 0. The molecule has 1 saturated heterocycles. The number of ether oxygens (including phenoxy) is 2. The van der Waals surface area contributed by atoms with Gasteiger partial charge in [0, 0.05) is 12.6 Å². The Hall–Kier alpha value is -3.52. The normalized spacial score (nSPS) is 24.7. The molecule has 7 N–H and O–H groups in total. The number of benzene rings is 2. The number of aromatic hydroxyl groups is 1. The number of nitrogens with one attached hydrogen (secondary N) is 2. The summed E-state index contributed by atoms with van der Waals surface area (Å²) in [6, 6.07) is 10.4. The Labute approximate surface area is 248 Å². The molecule has 0 spiro atoms. The number of aliphatic hydroxyl groups excluding tert-OH is 2. The van der Waals surface area contributed by atoms with Crippen molar-refractivity contribution in [2.24, 2.45) is 11.8 Å². The van der Waals surface area contributed by atoms with Gasteiger partial charge in [0.05, 0.1) is 10.9 Å². The Bertz CT molecular complexity index is 1440. The molecule has 0 bridgehead atoms. The Morgan fingerprint density at radius 3 is 2.44 bits per heavy atom. The minimum absolute atomic E-state index is 0.0577. The van der Waals surface area contributed by atoms with Crippen LogP contribution in [0.25, 0.3) is 22.1 Å². The molecule has 1 fully saturated rings. The number of hydrogen-bond acceptors (Lipinski definition) is 11. The van der Waals surface area contributed by atoms with E-state index >= 15 is 0 Å². The zero-order valence-electron chi connectivity index (χ0n) is 24.4. The van der Waals surface area contributed by atoms with Gasteiger partial charge in [-0.3, -0.25) is 4.79 Å². The molecule has 0 radical (unpaired) electrons. The van der Waals surface area contributed by atoms with Gasteiger partial charge in [0.2, 0.25) is 6.29 Å². The van der Waals surface area contributed by atoms with Crippen LogP contribution in [0.1, 0.15) is 27.2 Å². The van der Waals surface area contributed by atoms with E-state index in [4.69, 9.17) is 13.9 Å². The number of carbonyl (C=O) groups is 1. The van der Waals surface area contributed by atoms with E-state index in [0.717, 1.165) is 19.5 Å². The Kier molecular flexibility index (Phi) is 10.4. The third kappa shape index (κ3) is 7.18. The summed E-state index contributed by atoms with van der Waals surface area (Å²) in [6.45, 7) is 8.00. The first-order valence-electron chi connectivity index (χ1n) is 14.4. The molecule has 12 nitrogen and oxygen atoms in total. The van der Waals surface area contributed by atoms with Crippen LogP contribution >= 0.6 is 0 Å². The number of phenols is 1. The smallest absolute Gasteiger partial charge is 0.335 e. The second-order valence-electron chi connectivity index (χ2n) is 11.3. The number of phenolic OH excluding ortho intramolecular Hbond substituents is 1. The molecule has 0 saturated carbocycles. The molecule has 4 rings (SSSR count). The van der Waals surface area contributed by atoms with Crippen LogP contribution in [0.15, 0.2) is 57.9 Å². The molecule has 1 aliphatic rings. The van der Waals surface area contributed by atoms with Gasteiger partial charge in [0.1, 0.15) is 35.6 Å². The first-order chi connectivity index (χ1) is 20.5. The Morgan fingerprint density at radius 2 is 1.79 bits per heavy atom. The van der Waals surface area contributed by atoms with E-state index in [1.165, 1.54) is 36.6 Å². The lowest BCUT2D eigenvalue weighted by atomic mass is 9.85. The number of aliphatic hydroxyl groups is 3. The van der Waals surface area contributed by atoms with Crippen LogP contribution in [0.3, 0.4) is 0 Å². The largest absolute Gasteiger partial charge is 0.508 e. The van der Waals surface area contributed by atoms with Gasteiger partial charge in [-0.15, -0.1) is 0 Å². The number of rotatable bonds is 13. The molecule has 2 aromatic carbocycles. The first-order valence-corrected chi connectivity index (χ1v) is 14.4. The Morgan fingerprint density at radius 1 is 1.09 bits per heavy atom. The molecular weight excluding hydrogens is 560 g/mol. The van der Waals surface area contributed by atoms with Crippen molar-refractivity contribution in [1.29, 1.82) is 0 Å². The van der Waals surface area contributed by atoms with Crippen LogP contribution in [0.4, 0.5) is 0 Å². The molecule has 3 aromatic rings. The highest BCUT2D eigenvalue weighted by molar-refractivity contribution is 5.82. The van der Waals surface area contributed by atoms with E-state index in [1.807, 2.05) is 0 Å². The fourth-order valence-corrected chi connectivity index (χ4v) is 5.07. The summed E-state index contributed by atoms with van der Waals surface area (Å²) >= 11 is 0. The van der Waals surface area contributed by atoms with E-state index in [1.54, 1.807) is 12.1 Å². The quantitative estimate of drug-likeness (QED) is 0.141. The zero-order chi connectivity index (χ0) is 31.3. The second kappa shape index (κ2) is 13.8. The number of aliphatic carboxylic acids is 1. The first kappa shape index (κ1) is 32.4. The third-order valence-electron chi connectivity index (χ3n) is 7.83. The van der Waals surface area contributed by atoms with Crippen molar-refractivity contribution >= 4 is 16.9 Å². The van der Waals surface area contributed by atoms with Crippen LogP contribution in [0, 0.1) is 11.8 Å². The summed E-state index contributed by atoms with van der Waals surface area (Å²) in [5, 5.41) is 58.9. The van der Waals surface area contributed by atoms with E-state index in [0.29, 0.717) is 18.0 Å². The van der Waals surface area contributed by atoms with Gasteiger partial charge in [0.15, 0.2) is 17.1 Å². The van der Waals surface area contributed by atoms with E-state index in [-0.39, 0.29) is 45.9 Å².